The van der Waals surface area contributed by atoms with Gasteiger partial charge in [-0.1, -0.05) is 19.0 Å². The summed E-state index contributed by atoms with van der Waals surface area (Å²) in [6.07, 6.45) is 5.56. The minimum atomic E-state index is 0.155. The molecular formula is C25H33N3O4. The average molecular weight is 440 g/mol. The number of hydrogen-bond acceptors (Lipinski definition) is 7. The van der Waals surface area contributed by atoms with Crippen molar-refractivity contribution in [3.05, 3.63) is 65.8 Å². The molecular weight excluding hydrogens is 406 g/mol. The molecule has 2 unspecified atom stereocenters. The molecule has 7 nitrogen and oxygen atoms in total. The van der Waals surface area contributed by atoms with Crippen LogP contribution in [0.4, 0.5) is 0 Å². The Morgan fingerprint density at radius 1 is 1.03 bits per heavy atom. The minimum absolute atomic E-state index is 0.155. The Hall–Kier alpha value is -2.35. The van der Waals surface area contributed by atoms with E-state index in [1.165, 1.54) is 0 Å². The summed E-state index contributed by atoms with van der Waals surface area (Å²) in [7, 11) is 0. The molecule has 1 saturated carbocycles. The van der Waals surface area contributed by atoms with E-state index in [1.54, 1.807) is 12.5 Å². The zero-order chi connectivity index (χ0) is 22.0. The third kappa shape index (κ3) is 4.70. The van der Waals surface area contributed by atoms with Crippen molar-refractivity contribution >= 4 is 0 Å². The summed E-state index contributed by atoms with van der Waals surface area (Å²) in [5.41, 5.74) is 1.22. The van der Waals surface area contributed by atoms with Gasteiger partial charge in [0.05, 0.1) is 51.1 Å². The fraction of sp³-hybridized carbons (Fsp3) is 0.560. The van der Waals surface area contributed by atoms with Crippen LogP contribution in [0.15, 0.2) is 56.2 Å². The molecule has 2 atom stereocenters. The summed E-state index contributed by atoms with van der Waals surface area (Å²) >= 11 is 0. The van der Waals surface area contributed by atoms with Crippen LogP contribution in [0, 0.1) is 11.3 Å². The van der Waals surface area contributed by atoms with Gasteiger partial charge in [-0.25, -0.2) is 0 Å². The first-order valence-corrected chi connectivity index (χ1v) is 11.6. The maximum absolute atomic E-state index is 5.65. The van der Waals surface area contributed by atoms with Crippen LogP contribution in [0.3, 0.4) is 0 Å². The number of nitrogens with zero attached hydrogens (tertiary/aromatic N) is 3. The van der Waals surface area contributed by atoms with Gasteiger partial charge >= 0.3 is 0 Å². The Morgan fingerprint density at radius 3 is 2.31 bits per heavy atom. The van der Waals surface area contributed by atoms with Crippen LogP contribution in [0.1, 0.15) is 43.2 Å². The quantitative estimate of drug-likeness (QED) is 0.491. The number of hydrogen-bond donors (Lipinski definition) is 0. The molecule has 5 rings (SSSR count). The van der Waals surface area contributed by atoms with Gasteiger partial charge in [-0.15, -0.1) is 0 Å². The zero-order valence-electron chi connectivity index (χ0n) is 19.0. The standard InChI is InChI=1S/C25H33N3O4/c1-25(2)19(13-20-15-23(32-26-20)16-27-7-11-29-12-8-27)14-24(25)28(17-21-5-3-9-30-21)18-22-6-4-10-31-22/h3-6,9-10,15,19,24H,7-8,11-14,16-18H2,1-2H3. The van der Waals surface area contributed by atoms with Crippen molar-refractivity contribution in [3.63, 3.8) is 0 Å². The summed E-state index contributed by atoms with van der Waals surface area (Å²) in [5, 5.41) is 4.38. The first-order chi connectivity index (χ1) is 15.6. The third-order valence-corrected chi connectivity index (χ3v) is 7.28. The van der Waals surface area contributed by atoms with E-state index in [9.17, 15) is 0 Å². The highest BCUT2D eigenvalue weighted by Crippen LogP contribution is 2.51. The van der Waals surface area contributed by atoms with Crippen molar-refractivity contribution in [2.45, 2.75) is 52.4 Å². The average Bonchev–Trinajstić information content (AvgIpc) is 3.55. The molecule has 172 valence electrons. The summed E-state index contributed by atoms with van der Waals surface area (Å²) in [6.45, 7) is 10.6. The summed E-state index contributed by atoms with van der Waals surface area (Å²) in [4.78, 5) is 4.85. The molecule has 2 fully saturated rings. The van der Waals surface area contributed by atoms with E-state index >= 15 is 0 Å². The van der Waals surface area contributed by atoms with E-state index in [-0.39, 0.29) is 5.41 Å². The fourth-order valence-corrected chi connectivity index (χ4v) is 5.19. The second-order valence-electron chi connectivity index (χ2n) is 9.71. The van der Waals surface area contributed by atoms with Gasteiger partial charge in [0, 0.05) is 25.2 Å². The normalized spacial score (nSPS) is 23.5. The molecule has 1 aliphatic carbocycles. The van der Waals surface area contributed by atoms with Gasteiger partial charge in [0.2, 0.25) is 0 Å². The van der Waals surface area contributed by atoms with Gasteiger partial charge in [-0.05, 0) is 48.4 Å². The highest BCUT2D eigenvalue weighted by atomic mass is 16.5. The van der Waals surface area contributed by atoms with Crippen molar-refractivity contribution in [1.29, 1.82) is 0 Å². The number of ether oxygens (including phenoxy) is 1. The zero-order valence-corrected chi connectivity index (χ0v) is 19.0. The highest BCUT2D eigenvalue weighted by molar-refractivity contribution is 5.13. The van der Waals surface area contributed by atoms with Gasteiger partial charge in [0.15, 0.2) is 5.76 Å². The molecule has 2 aliphatic rings. The molecule has 0 bridgehead atoms. The number of morpholine rings is 1. The van der Waals surface area contributed by atoms with E-state index in [2.05, 4.69) is 34.9 Å². The Balaban J connectivity index is 1.22. The molecule has 3 aromatic rings. The smallest absolute Gasteiger partial charge is 0.150 e. The van der Waals surface area contributed by atoms with Crippen LogP contribution in [0.2, 0.25) is 0 Å². The lowest BCUT2D eigenvalue weighted by molar-refractivity contribution is -0.0751. The van der Waals surface area contributed by atoms with E-state index in [0.717, 1.165) is 81.8 Å². The van der Waals surface area contributed by atoms with Gasteiger partial charge < -0.3 is 18.1 Å². The molecule has 0 N–H and O–H groups in total. The lowest BCUT2D eigenvalue weighted by atomic mass is 9.56. The molecule has 7 heteroatoms. The molecule has 0 amide bonds. The van der Waals surface area contributed by atoms with Crippen LogP contribution in [0.25, 0.3) is 0 Å². The molecule has 1 aliphatic heterocycles. The molecule has 0 spiro atoms. The van der Waals surface area contributed by atoms with E-state index in [0.29, 0.717) is 12.0 Å². The highest BCUT2D eigenvalue weighted by Gasteiger charge is 2.50. The maximum atomic E-state index is 5.65. The van der Waals surface area contributed by atoms with Crippen LogP contribution >= 0.6 is 0 Å². The lowest BCUT2D eigenvalue weighted by Gasteiger charge is -2.56. The summed E-state index contributed by atoms with van der Waals surface area (Å²) in [5.74, 6) is 3.48. The number of furan rings is 2. The van der Waals surface area contributed by atoms with Crippen LogP contribution in [-0.4, -0.2) is 47.3 Å². The van der Waals surface area contributed by atoms with Crippen LogP contribution in [0.5, 0.6) is 0 Å². The Morgan fingerprint density at radius 2 is 1.72 bits per heavy atom. The molecule has 3 aromatic heterocycles. The Bertz CT molecular complexity index is 921. The van der Waals surface area contributed by atoms with E-state index in [1.807, 2.05) is 24.3 Å². The summed E-state index contributed by atoms with van der Waals surface area (Å²) < 4.78 is 22.4. The summed E-state index contributed by atoms with van der Waals surface area (Å²) in [6, 6.07) is 10.6. The SMILES string of the molecule is CC1(C)C(Cc2cc(CN3CCOCC3)on2)CC1N(Cc1ccco1)Cc1ccco1. The van der Waals surface area contributed by atoms with Crippen molar-refractivity contribution in [1.82, 2.24) is 15.0 Å². The van der Waals surface area contributed by atoms with Crippen molar-refractivity contribution < 1.29 is 18.1 Å². The van der Waals surface area contributed by atoms with Gasteiger partial charge in [-0.3, -0.25) is 9.80 Å². The second-order valence-corrected chi connectivity index (χ2v) is 9.71. The third-order valence-electron chi connectivity index (χ3n) is 7.28. The predicted molar refractivity (Wildman–Crippen MR) is 119 cm³/mol. The predicted octanol–water partition coefficient (Wildman–Crippen LogP) is 4.35. The Labute approximate surface area is 189 Å². The molecule has 4 heterocycles. The van der Waals surface area contributed by atoms with E-state index < -0.39 is 0 Å². The van der Waals surface area contributed by atoms with Crippen molar-refractivity contribution in [3.8, 4) is 0 Å². The van der Waals surface area contributed by atoms with Gasteiger partial charge in [0.1, 0.15) is 11.5 Å². The first-order valence-electron chi connectivity index (χ1n) is 11.6. The molecule has 1 saturated heterocycles. The van der Waals surface area contributed by atoms with Crippen LogP contribution in [-0.2, 0) is 30.8 Å². The second kappa shape index (κ2) is 9.25. The molecule has 0 aromatic carbocycles. The van der Waals surface area contributed by atoms with Gasteiger partial charge in [0.25, 0.3) is 0 Å². The molecule has 32 heavy (non-hydrogen) atoms. The van der Waals surface area contributed by atoms with E-state index in [4.69, 9.17) is 18.1 Å². The lowest BCUT2D eigenvalue weighted by Crippen LogP contribution is -2.58. The topological polar surface area (TPSA) is 68.0 Å². The first kappa shape index (κ1) is 21.5. The minimum Gasteiger partial charge on any atom is -0.468 e. The molecule has 0 radical (unpaired) electrons. The fourth-order valence-electron chi connectivity index (χ4n) is 5.19. The van der Waals surface area contributed by atoms with Gasteiger partial charge in [-0.2, -0.15) is 0 Å². The monoisotopic (exact) mass is 439 g/mol. The van der Waals surface area contributed by atoms with Crippen LogP contribution < -0.4 is 0 Å². The number of rotatable bonds is 9. The number of aromatic nitrogens is 1. The maximum Gasteiger partial charge on any atom is 0.150 e. The van der Waals surface area contributed by atoms with Crippen molar-refractivity contribution in [2.24, 2.45) is 11.3 Å². The van der Waals surface area contributed by atoms with Crippen molar-refractivity contribution in [2.75, 3.05) is 26.3 Å². The Kier molecular flexibility index (Phi) is 6.22. The largest absolute Gasteiger partial charge is 0.468 e.